The van der Waals surface area contributed by atoms with Crippen molar-refractivity contribution < 1.29 is 12.9 Å². The summed E-state index contributed by atoms with van der Waals surface area (Å²) in [7, 11) is 1.57. The first-order valence-electron chi connectivity index (χ1n) is 4.74. The van der Waals surface area contributed by atoms with E-state index in [0.717, 1.165) is 0 Å². The number of rotatable bonds is 2. The van der Waals surface area contributed by atoms with Gasteiger partial charge in [-0.2, -0.15) is 4.98 Å². The number of nitrogens with zero attached hydrogens (tertiary/aromatic N) is 2. The van der Waals surface area contributed by atoms with Gasteiger partial charge in [0.2, 0.25) is 11.7 Å². The minimum absolute atomic E-state index is 0.0547. The summed E-state index contributed by atoms with van der Waals surface area (Å²) in [5, 5.41) is 3.71. The summed E-state index contributed by atoms with van der Waals surface area (Å²) in [6, 6.07) is 4.80. The lowest BCUT2D eigenvalue weighted by atomic mass is 10.1. The topological polar surface area (TPSA) is 73.1 Å². The van der Waals surface area contributed by atoms with Gasteiger partial charge in [-0.3, -0.25) is 0 Å². The van der Waals surface area contributed by atoms with Crippen molar-refractivity contribution in [2.75, 3.05) is 0 Å². The van der Waals surface area contributed by atoms with Gasteiger partial charge in [-0.15, -0.1) is 0 Å². The zero-order chi connectivity index (χ0) is 12.6. The molecule has 1 heterocycles. The zero-order valence-electron chi connectivity index (χ0n) is 9.14. The standard InChI is InChI=1S/C10H9ClN2O3S/c1-6-3-4-8(5-9(6)17(11,14)15)10-12-7(2)16-13-10/h3-5H,1-2H3. The van der Waals surface area contributed by atoms with E-state index in [1.54, 1.807) is 26.0 Å². The molecule has 0 N–H and O–H groups in total. The smallest absolute Gasteiger partial charge is 0.261 e. The molecule has 0 bridgehead atoms. The number of aryl methyl sites for hydroxylation is 2. The molecule has 2 rings (SSSR count). The Morgan fingerprint density at radius 1 is 1.29 bits per heavy atom. The molecule has 1 aromatic heterocycles. The van der Waals surface area contributed by atoms with Crippen molar-refractivity contribution in [2.45, 2.75) is 18.7 Å². The molecule has 5 nitrogen and oxygen atoms in total. The summed E-state index contributed by atoms with van der Waals surface area (Å²) < 4.78 is 27.5. The van der Waals surface area contributed by atoms with Gasteiger partial charge in [0, 0.05) is 23.2 Å². The fourth-order valence-corrected chi connectivity index (χ4v) is 2.64. The molecule has 0 radical (unpaired) electrons. The molecular weight excluding hydrogens is 264 g/mol. The molecular formula is C10H9ClN2O3S. The first kappa shape index (κ1) is 12.1. The van der Waals surface area contributed by atoms with Gasteiger partial charge in [0.15, 0.2) is 0 Å². The normalized spacial score (nSPS) is 11.7. The third-order valence-electron chi connectivity index (χ3n) is 2.24. The molecule has 0 unspecified atom stereocenters. The molecule has 0 spiro atoms. The second-order valence-corrected chi connectivity index (χ2v) is 6.09. The number of halogens is 1. The van der Waals surface area contributed by atoms with Gasteiger partial charge in [-0.05, 0) is 18.6 Å². The molecule has 0 aliphatic heterocycles. The van der Waals surface area contributed by atoms with E-state index in [1.807, 2.05) is 0 Å². The first-order chi connectivity index (χ1) is 7.88. The molecule has 0 fully saturated rings. The second kappa shape index (κ2) is 4.12. The van der Waals surface area contributed by atoms with Gasteiger partial charge < -0.3 is 4.52 Å². The largest absolute Gasteiger partial charge is 0.339 e. The highest BCUT2D eigenvalue weighted by Gasteiger charge is 2.16. The van der Waals surface area contributed by atoms with Crippen LogP contribution in [0.15, 0.2) is 27.6 Å². The molecule has 0 atom stereocenters. The molecule has 0 aliphatic rings. The molecule has 2 aromatic rings. The van der Waals surface area contributed by atoms with Crippen LogP contribution >= 0.6 is 10.7 Å². The van der Waals surface area contributed by atoms with Crippen molar-refractivity contribution in [1.82, 2.24) is 10.1 Å². The Kier molecular flexibility index (Phi) is 2.92. The van der Waals surface area contributed by atoms with Gasteiger partial charge in [0.1, 0.15) is 0 Å². The molecule has 0 saturated heterocycles. The minimum atomic E-state index is -3.77. The van der Waals surface area contributed by atoms with E-state index < -0.39 is 9.05 Å². The summed E-state index contributed by atoms with van der Waals surface area (Å²) in [6.45, 7) is 3.32. The SMILES string of the molecule is Cc1nc(-c2ccc(C)c(S(=O)(=O)Cl)c2)no1. The van der Waals surface area contributed by atoms with E-state index >= 15 is 0 Å². The molecule has 1 aromatic carbocycles. The van der Waals surface area contributed by atoms with Crippen LogP contribution in [0.1, 0.15) is 11.5 Å². The summed E-state index contributed by atoms with van der Waals surface area (Å²) >= 11 is 0. The van der Waals surface area contributed by atoms with Crippen LogP contribution in [0.4, 0.5) is 0 Å². The summed E-state index contributed by atoms with van der Waals surface area (Å²) in [5.74, 6) is 0.750. The third-order valence-corrected chi connectivity index (χ3v) is 3.70. The lowest BCUT2D eigenvalue weighted by Gasteiger charge is -2.03. The molecule has 0 saturated carbocycles. The van der Waals surface area contributed by atoms with Crippen LogP contribution in [0, 0.1) is 13.8 Å². The third kappa shape index (κ3) is 2.48. The zero-order valence-corrected chi connectivity index (χ0v) is 10.7. The van der Waals surface area contributed by atoms with E-state index in [1.165, 1.54) is 6.07 Å². The molecule has 17 heavy (non-hydrogen) atoms. The first-order valence-corrected chi connectivity index (χ1v) is 7.05. The summed E-state index contributed by atoms with van der Waals surface area (Å²) in [4.78, 5) is 4.07. The highest BCUT2D eigenvalue weighted by Crippen LogP contribution is 2.25. The predicted molar refractivity (Wildman–Crippen MR) is 62.2 cm³/mol. The van der Waals surface area contributed by atoms with E-state index in [2.05, 4.69) is 10.1 Å². The van der Waals surface area contributed by atoms with E-state index in [9.17, 15) is 8.42 Å². The van der Waals surface area contributed by atoms with Crippen LogP contribution in [-0.4, -0.2) is 18.6 Å². The maximum absolute atomic E-state index is 11.3. The van der Waals surface area contributed by atoms with Crippen LogP contribution in [-0.2, 0) is 9.05 Å². The number of aromatic nitrogens is 2. The summed E-state index contributed by atoms with van der Waals surface area (Å²) in [6.07, 6.45) is 0. The van der Waals surface area contributed by atoms with Crippen LogP contribution in [0.2, 0.25) is 0 Å². The second-order valence-electron chi connectivity index (χ2n) is 3.56. The van der Waals surface area contributed by atoms with E-state index in [4.69, 9.17) is 15.2 Å². The fraction of sp³-hybridized carbons (Fsp3) is 0.200. The number of hydrogen-bond acceptors (Lipinski definition) is 5. The molecule has 0 aliphatic carbocycles. The van der Waals surface area contributed by atoms with Gasteiger partial charge in [-0.25, -0.2) is 8.42 Å². The quantitative estimate of drug-likeness (QED) is 0.784. The van der Waals surface area contributed by atoms with Crippen molar-refractivity contribution in [1.29, 1.82) is 0 Å². The van der Waals surface area contributed by atoms with Crippen molar-refractivity contribution >= 4 is 19.7 Å². The average Bonchev–Trinajstić information content (AvgIpc) is 2.64. The number of hydrogen-bond donors (Lipinski definition) is 0. The average molecular weight is 273 g/mol. The predicted octanol–water partition coefficient (Wildman–Crippen LogP) is 2.28. The van der Waals surface area contributed by atoms with Crippen molar-refractivity contribution in [3.05, 3.63) is 29.7 Å². The highest BCUT2D eigenvalue weighted by molar-refractivity contribution is 8.13. The molecule has 0 amide bonds. The van der Waals surface area contributed by atoms with Crippen molar-refractivity contribution in [2.24, 2.45) is 0 Å². The summed E-state index contributed by atoms with van der Waals surface area (Å²) in [5.41, 5.74) is 1.12. The van der Waals surface area contributed by atoms with E-state index in [0.29, 0.717) is 22.8 Å². The van der Waals surface area contributed by atoms with Gasteiger partial charge >= 0.3 is 0 Å². The maximum atomic E-state index is 11.3. The van der Waals surface area contributed by atoms with Gasteiger partial charge in [0.25, 0.3) is 9.05 Å². The van der Waals surface area contributed by atoms with Crippen LogP contribution < -0.4 is 0 Å². The maximum Gasteiger partial charge on any atom is 0.261 e. The molecule has 7 heteroatoms. The lowest BCUT2D eigenvalue weighted by Crippen LogP contribution is -1.95. The fourth-order valence-electron chi connectivity index (χ4n) is 1.42. The van der Waals surface area contributed by atoms with Crippen LogP contribution in [0.25, 0.3) is 11.4 Å². The monoisotopic (exact) mass is 272 g/mol. The van der Waals surface area contributed by atoms with E-state index in [-0.39, 0.29) is 4.90 Å². The Bertz CT molecular complexity index is 664. The lowest BCUT2D eigenvalue weighted by molar-refractivity contribution is 0.394. The van der Waals surface area contributed by atoms with Gasteiger partial charge in [0.05, 0.1) is 4.90 Å². The number of benzene rings is 1. The Hall–Kier alpha value is -1.40. The Balaban J connectivity index is 2.59. The minimum Gasteiger partial charge on any atom is -0.339 e. The van der Waals surface area contributed by atoms with Crippen molar-refractivity contribution in [3.63, 3.8) is 0 Å². The highest BCUT2D eigenvalue weighted by atomic mass is 35.7. The van der Waals surface area contributed by atoms with Crippen LogP contribution in [0.5, 0.6) is 0 Å². The molecule has 90 valence electrons. The Morgan fingerprint density at radius 3 is 2.53 bits per heavy atom. The van der Waals surface area contributed by atoms with Crippen molar-refractivity contribution in [3.8, 4) is 11.4 Å². The Labute approximate surface area is 103 Å². The van der Waals surface area contributed by atoms with Gasteiger partial charge in [-0.1, -0.05) is 17.3 Å². The van der Waals surface area contributed by atoms with Crippen LogP contribution in [0.3, 0.4) is 0 Å². The Morgan fingerprint density at radius 2 is 2.00 bits per heavy atom.